The maximum absolute atomic E-state index is 5.23. The standard InChI is InChI=1S/C13H12N4O/c1-8-5-3-4-6-10(8)12-14-13(18-17-12)11-7-9(2)15-16-11/h3-7H,1-2H3,(H,15,16). The van der Waals surface area contributed by atoms with Crippen molar-refractivity contribution < 1.29 is 4.52 Å². The van der Waals surface area contributed by atoms with Gasteiger partial charge in [0.15, 0.2) is 5.69 Å². The Labute approximate surface area is 104 Å². The molecule has 0 amide bonds. The average molecular weight is 240 g/mol. The molecule has 18 heavy (non-hydrogen) atoms. The smallest absolute Gasteiger partial charge is 0.278 e. The highest BCUT2D eigenvalue weighted by atomic mass is 16.5. The maximum atomic E-state index is 5.23. The quantitative estimate of drug-likeness (QED) is 0.747. The zero-order valence-electron chi connectivity index (χ0n) is 10.1. The Morgan fingerprint density at radius 3 is 2.72 bits per heavy atom. The van der Waals surface area contributed by atoms with Crippen LogP contribution in [0.5, 0.6) is 0 Å². The minimum atomic E-state index is 0.428. The molecule has 0 aliphatic rings. The van der Waals surface area contributed by atoms with Gasteiger partial charge in [-0.15, -0.1) is 0 Å². The first-order valence-electron chi connectivity index (χ1n) is 5.66. The van der Waals surface area contributed by atoms with Gasteiger partial charge in [0, 0.05) is 11.3 Å². The number of nitrogens with zero attached hydrogens (tertiary/aromatic N) is 3. The summed E-state index contributed by atoms with van der Waals surface area (Å²) in [4.78, 5) is 4.36. The fourth-order valence-corrected chi connectivity index (χ4v) is 1.79. The van der Waals surface area contributed by atoms with E-state index in [0.717, 1.165) is 16.8 Å². The fourth-order valence-electron chi connectivity index (χ4n) is 1.79. The van der Waals surface area contributed by atoms with Crippen molar-refractivity contribution in [1.82, 2.24) is 20.3 Å². The Kier molecular flexibility index (Phi) is 2.44. The van der Waals surface area contributed by atoms with Crippen molar-refractivity contribution in [1.29, 1.82) is 0 Å². The molecule has 0 saturated carbocycles. The Morgan fingerprint density at radius 2 is 2.00 bits per heavy atom. The summed E-state index contributed by atoms with van der Waals surface area (Å²) in [5.74, 6) is 1.02. The number of hydrogen-bond acceptors (Lipinski definition) is 4. The molecule has 0 aliphatic heterocycles. The summed E-state index contributed by atoms with van der Waals surface area (Å²) in [7, 11) is 0. The highest BCUT2D eigenvalue weighted by Crippen LogP contribution is 2.23. The van der Waals surface area contributed by atoms with Crippen LogP contribution in [0.4, 0.5) is 0 Å². The molecule has 3 rings (SSSR count). The molecule has 0 radical (unpaired) electrons. The van der Waals surface area contributed by atoms with Gasteiger partial charge < -0.3 is 4.52 Å². The van der Waals surface area contributed by atoms with Crippen LogP contribution in [0.25, 0.3) is 23.0 Å². The molecule has 0 fully saturated rings. The van der Waals surface area contributed by atoms with Crippen LogP contribution in [-0.4, -0.2) is 20.3 Å². The third-order valence-corrected chi connectivity index (χ3v) is 2.74. The molecule has 3 aromatic rings. The SMILES string of the molecule is Cc1cc(-c2nc(-c3ccccc3C)no2)n[nH]1. The molecular weight excluding hydrogens is 228 g/mol. The summed E-state index contributed by atoms with van der Waals surface area (Å²) < 4.78 is 5.23. The van der Waals surface area contributed by atoms with Crippen LogP contribution in [0.1, 0.15) is 11.3 Å². The Balaban J connectivity index is 2.02. The lowest BCUT2D eigenvalue weighted by molar-refractivity contribution is 0.431. The first-order chi connectivity index (χ1) is 8.74. The molecule has 1 aromatic carbocycles. The van der Waals surface area contributed by atoms with Crippen LogP contribution in [0.15, 0.2) is 34.9 Å². The lowest BCUT2D eigenvalue weighted by atomic mass is 10.1. The maximum Gasteiger partial charge on any atom is 0.278 e. The second-order valence-electron chi connectivity index (χ2n) is 4.17. The predicted molar refractivity (Wildman–Crippen MR) is 66.8 cm³/mol. The second-order valence-corrected chi connectivity index (χ2v) is 4.17. The van der Waals surface area contributed by atoms with Crippen LogP contribution in [0.2, 0.25) is 0 Å². The Hall–Kier alpha value is -2.43. The Bertz CT molecular complexity index is 684. The minimum Gasteiger partial charge on any atom is -0.332 e. The first kappa shape index (κ1) is 10.7. The van der Waals surface area contributed by atoms with E-state index < -0.39 is 0 Å². The summed E-state index contributed by atoms with van der Waals surface area (Å²) in [5, 5.41) is 10.9. The minimum absolute atomic E-state index is 0.428. The summed E-state index contributed by atoms with van der Waals surface area (Å²) in [5.41, 5.74) is 3.71. The van der Waals surface area contributed by atoms with Crippen molar-refractivity contribution in [3.05, 3.63) is 41.6 Å². The van der Waals surface area contributed by atoms with Crippen LogP contribution in [0.3, 0.4) is 0 Å². The molecule has 2 aromatic heterocycles. The monoisotopic (exact) mass is 240 g/mol. The highest BCUT2D eigenvalue weighted by Gasteiger charge is 2.13. The molecule has 0 unspecified atom stereocenters. The summed E-state index contributed by atoms with van der Waals surface area (Å²) in [6.45, 7) is 3.94. The number of aromatic nitrogens is 4. The molecule has 0 aliphatic carbocycles. The number of aryl methyl sites for hydroxylation is 2. The van der Waals surface area contributed by atoms with E-state index in [4.69, 9.17) is 4.52 Å². The molecule has 90 valence electrons. The lowest BCUT2D eigenvalue weighted by Crippen LogP contribution is -1.84. The van der Waals surface area contributed by atoms with Gasteiger partial charge in [0.1, 0.15) is 0 Å². The largest absolute Gasteiger partial charge is 0.332 e. The van der Waals surface area contributed by atoms with Crippen molar-refractivity contribution in [2.45, 2.75) is 13.8 Å². The zero-order chi connectivity index (χ0) is 12.5. The van der Waals surface area contributed by atoms with E-state index in [1.165, 1.54) is 0 Å². The van der Waals surface area contributed by atoms with Crippen molar-refractivity contribution in [2.24, 2.45) is 0 Å². The van der Waals surface area contributed by atoms with Gasteiger partial charge in [0.05, 0.1) is 0 Å². The van der Waals surface area contributed by atoms with Gasteiger partial charge in [-0.2, -0.15) is 10.1 Å². The second kappa shape index (κ2) is 4.10. The fraction of sp³-hybridized carbons (Fsp3) is 0.154. The van der Waals surface area contributed by atoms with E-state index in [1.807, 2.05) is 44.2 Å². The lowest BCUT2D eigenvalue weighted by Gasteiger charge is -1.97. The van der Waals surface area contributed by atoms with Crippen LogP contribution >= 0.6 is 0 Å². The van der Waals surface area contributed by atoms with Gasteiger partial charge in [-0.05, 0) is 25.5 Å². The Morgan fingerprint density at radius 1 is 1.17 bits per heavy atom. The number of aromatic amines is 1. The van der Waals surface area contributed by atoms with E-state index in [1.54, 1.807) is 0 Å². The van der Waals surface area contributed by atoms with E-state index >= 15 is 0 Å². The number of rotatable bonds is 2. The highest BCUT2D eigenvalue weighted by molar-refractivity contribution is 5.61. The van der Waals surface area contributed by atoms with Crippen LogP contribution in [0, 0.1) is 13.8 Å². The number of H-pyrrole nitrogens is 1. The summed E-state index contributed by atoms with van der Waals surface area (Å²) in [6.07, 6.45) is 0. The van der Waals surface area contributed by atoms with E-state index in [-0.39, 0.29) is 0 Å². The molecule has 0 saturated heterocycles. The van der Waals surface area contributed by atoms with Gasteiger partial charge in [-0.3, -0.25) is 5.10 Å². The normalized spacial score (nSPS) is 10.8. The molecule has 0 spiro atoms. The van der Waals surface area contributed by atoms with Gasteiger partial charge in [0.2, 0.25) is 5.82 Å². The van der Waals surface area contributed by atoms with Crippen molar-refractivity contribution in [2.75, 3.05) is 0 Å². The topological polar surface area (TPSA) is 67.6 Å². The van der Waals surface area contributed by atoms with Gasteiger partial charge in [-0.25, -0.2) is 0 Å². The molecule has 0 bridgehead atoms. The van der Waals surface area contributed by atoms with Crippen molar-refractivity contribution in [3.8, 4) is 23.0 Å². The zero-order valence-corrected chi connectivity index (χ0v) is 10.1. The third kappa shape index (κ3) is 1.79. The summed E-state index contributed by atoms with van der Waals surface area (Å²) in [6, 6.07) is 9.80. The molecular formula is C13H12N4O. The van der Waals surface area contributed by atoms with Crippen molar-refractivity contribution >= 4 is 0 Å². The summed E-state index contributed by atoms with van der Waals surface area (Å²) >= 11 is 0. The molecule has 5 nitrogen and oxygen atoms in total. The molecule has 2 heterocycles. The predicted octanol–water partition coefficient (Wildman–Crippen LogP) is 2.74. The van der Waals surface area contributed by atoms with Gasteiger partial charge >= 0.3 is 0 Å². The average Bonchev–Trinajstić information content (AvgIpc) is 2.98. The van der Waals surface area contributed by atoms with E-state index in [2.05, 4.69) is 20.3 Å². The van der Waals surface area contributed by atoms with Crippen LogP contribution < -0.4 is 0 Å². The van der Waals surface area contributed by atoms with Gasteiger partial charge in [-0.1, -0.05) is 29.4 Å². The van der Waals surface area contributed by atoms with Gasteiger partial charge in [0.25, 0.3) is 5.89 Å². The van der Waals surface area contributed by atoms with Crippen LogP contribution in [-0.2, 0) is 0 Å². The van der Waals surface area contributed by atoms with Crippen molar-refractivity contribution in [3.63, 3.8) is 0 Å². The third-order valence-electron chi connectivity index (χ3n) is 2.74. The number of benzene rings is 1. The molecule has 5 heteroatoms. The number of hydrogen-bond donors (Lipinski definition) is 1. The first-order valence-corrected chi connectivity index (χ1v) is 5.66. The molecule has 1 N–H and O–H groups in total. The molecule has 0 atom stereocenters. The van der Waals surface area contributed by atoms with E-state index in [0.29, 0.717) is 17.4 Å². The van der Waals surface area contributed by atoms with E-state index in [9.17, 15) is 0 Å². The number of nitrogens with one attached hydrogen (secondary N) is 1.